The largest absolute Gasteiger partial charge is 0.322 e. The van der Waals surface area contributed by atoms with Gasteiger partial charge in [0.1, 0.15) is 5.00 Å². The highest BCUT2D eigenvalue weighted by Crippen LogP contribution is 2.10. The van der Waals surface area contributed by atoms with Crippen LogP contribution in [0.5, 0.6) is 0 Å². The fourth-order valence-electron chi connectivity index (χ4n) is 0.926. The fourth-order valence-corrected chi connectivity index (χ4v) is 1.74. The standard InChI is InChI=1S/C7H10Cl2N4OS/c8-1-3-13(4-2-9)7(14)11-6-5-10-12-15-6/h5H,1-4H2,(H,11,14). The predicted molar refractivity (Wildman–Crippen MR) is 61.9 cm³/mol. The monoisotopic (exact) mass is 268 g/mol. The quantitative estimate of drug-likeness (QED) is 0.830. The van der Waals surface area contributed by atoms with Crippen molar-refractivity contribution < 1.29 is 4.79 Å². The zero-order valence-corrected chi connectivity index (χ0v) is 10.1. The van der Waals surface area contributed by atoms with Crippen LogP contribution in [0.2, 0.25) is 0 Å². The Morgan fingerprint density at radius 2 is 2.13 bits per heavy atom. The van der Waals surface area contributed by atoms with Crippen molar-refractivity contribution in [3.63, 3.8) is 0 Å². The lowest BCUT2D eigenvalue weighted by molar-refractivity contribution is 0.218. The van der Waals surface area contributed by atoms with Crippen molar-refractivity contribution in [3.8, 4) is 0 Å². The minimum Gasteiger partial charge on any atom is -0.322 e. The molecular formula is C7H10Cl2N4OS. The van der Waals surface area contributed by atoms with Crippen molar-refractivity contribution in [1.29, 1.82) is 0 Å². The highest BCUT2D eigenvalue weighted by atomic mass is 35.5. The van der Waals surface area contributed by atoms with Crippen LogP contribution in [0.3, 0.4) is 0 Å². The summed E-state index contributed by atoms with van der Waals surface area (Å²) in [7, 11) is 0. The summed E-state index contributed by atoms with van der Waals surface area (Å²) in [6.07, 6.45) is 1.49. The van der Waals surface area contributed by atoms with Crippen molar-refractivity contribution in [3.05, 3.63) is 6.20 Å². The number of hydrogen-bond acceptors (Lipinski definition) is 4. The van der Waals surface area contributed by atoms with E-state index in [1.54, 1.807) is 4.90 Å². The van der Waals surface area contributed by atoms with E-state index in [0.29, 0.717) is 29.9 Å². The van der Waals surface area contributed by atoms with E-state index in [-0.39, 0.29) is 6.03 Å². The summed E-state index contributed by atoms with van der Waals surface area (Å²) in [5.74, 6) is 0.760. The molecule has 2 amide bonds. The van der Waals surface area contributed by atoms with Crippen LogP contribution in [0.15, 0.2) is 6.20 Å². The molecule has 8 heteroatoms. The maximum atomic E-state index is 11.6. The van der Waals surface area contributed by atoms with E-state index in [4.69, 9.17) is 23.2 Å². The second-order valence-electron chi connectivity index (χ2n) is 2.58. The number of rotatable bonds is 5. The third-order valence-electron chi connectivity index (χ3n) is 1.59. The van der Waals surface area contributed by atoms with Gasteiger partial charge in [0.05, 0.1) is 6.20 Å². The molecule has 0 unspecified atom stereocenters. The van der Waals surface area contributed by atoms with E-state index in [1.165, 1.54) is 6.20 Å². The number of amides is 2. The lowest BCUT2D eigenvalue weighted by Gasteiger charge is -2.19. The van der Waals surface area contributed by atoms with Gasteiger partial charge < -0.3 is 4.90 Å². The number of hydrogen-bond donors (Lipinski definition) is 1. The topological polar surface area (TPSA) is 58.1 Å². The van der Waals surface area contributed by atoms with Crippen LogP contribution in [-0.2, 0) is 0 Å². The molecule has 0 saturated heterocycles. The Morgan fingerprint density at radius 1 is 1.47 bits per heavy atom. The summed E-state index contributed by atoms with van der Waals surface area (Å²) in [5.41, 5.74) is 0. The zero-order chi connectivity index (χ0) is 11.1. The normalized spacial score (nSPS) is 10.0. The predicted octanol–water partition coefficient (Wildman–Crippen LogP) is 1.85. The van der Waals surface area contributed by atoms with Crippen molar-refractivity contribution in [2.75, 3.05) is 30.2 Å². The van der Waals surface area contributed by atoms with Crippen LogP contribution in [0.1, 0.15) is 0 Å². The van der Waals surface area contributed by atoms with E-state index < -0.39 is 0 Å². The Hall–Kier alpha value is -0.590. The second-order valence-corrected chi connectivity index (χ2v) is 4.12. The summed E-state index contributed by atoms with van der Waals surface area (Å²) >= 11 is 12.3. The van der Waals surface area contributed by atoms with Gasteiger partial charge in [0.25, 0.3) is 0 Å². The van der Waals surface area contributed by atoms with Crippen molar-refractivity contribution in [2.24, 2.45) is 0 Å². The maximum Gasteiger partial charge on any atom is 0.322 e. The van der Waals surface area contributed by atoms with Crippen molar-refractivity contribution >= 4 is 45.8 Å². The van der Waals surface area contributed by atoms with Gasteiger partial charge >= 0.3 is 6.03 Å². The first kappa shape index (κ1) is 12.5. The number of alkyl halides is 2. The highest BCUT2D eigenvalue weighted by Gasteiger charge is 2.12. The molecule has 1 rings (SSSR count). The van der Waals surface area contributed by atoms with Crippen molar-refractivity contribution in [2.45, 2.75) is 0 Å². The Balaban J connectivity index is 2.48. The molecule has 0 radical (unpaired) electrons. The highest BCUT2D eigenvalue weighted by molar-refractivity contribution is 7.10. The summed E-state index contributed by atoms with van der Waals surface area (Å²) in [6.45, 7) is 0.929. The molecule has 1 aromatic rings. The smallest absolute Gasteiger partial charge is 0.322 e. The lowest BCUT2D eigenvalue weighted by atomic mass is 10.5. The SMILES string of the molecule is O=C(Nc1cnns1)N(CCCl)CCCl. The third-order valence-corrected chi connectivity index (χ3v) is 2.51. The number of aromatic nitrogens is 2. The van der Waals surface area contributed by atoms with Gasteiger partial charge in [0.15, 0.2) is 0 Å². The number of carbonyl (C=O) groups is 1. The Morgan fingerprint density at radius 3 is 2.60 bits per heavy atom. The number of urea groups is 1. The molecular weight excluding hydrogens is 259 g/mol. The Bertz CT molecular complexity index is 289. The molecule has 0 aliphatic rings. The summed E-state index contributed by atoms with van der Waals surface area (Å²) in [4.78, 5) is 13.2. The first-order chi connectivity index (χ1) is 7.27. The van der Waals surface area contributed by atoms with Gasteiger partial charge in [-0.2, -0.15) is 0 Å². The molecule has 0 fully saturated rings. The average Bonchev–Trinajstić information content (AvgIpc) is 2.70. The minimum absolute atomic E-state index is 0.234. The van der Waals surface area contributed by atoms with E-state index in [9.17, 15) is 4.79 Å². The molecule has 0 aliphatic heterocycles. The van der Waals surface area contributed by atoms with Gasteiger partial charge in [-0.05, 0) is 0 Å². The molecule has 0 saturated carbocycles. The van der Waals surface area contributed by atoms with Gasteiger partial charge in [0.2, 0.25) is 0 Å². The number of nitrogens with zero attached hydrogens (tertiary/aromatic N) is 3. The molecule has 1 heterocycles. The summed E-state index contributed by atoms with van der Waals surface area (Å²) < 4.78 is 3.63. The molecule has 1 aromatic heterocycles. The van der Waals surface area contributed by atoms with E-state index in [0.717, 1.165) is 11.5 Å². The van der Waals surface area contributed by atoms with Gasteiger partial charge in [-0.25, -0.2) is 4.79 Å². The van der Waals surface area contributed by atoms with E-state index >= 15 is 0 Å². The first-order valence-electron chi connectivity index (χ1n) is 4.23. The number of anilines is 1. The van der Waals surface area contributed by atoms with Crippen LogP contribution >= 0.6 is 34.7 Å². The van der Waals surface area contributed by atoms with Gasteiger partial charge in [-0.1, -0.05) is 4.49 Å². The van der Waals surface area contributed by atoms with Crippen LogP contribution in [-0.4, -0.2) is 45.4 Å². The molecule has 84 valence electrons. The zero-order valence-electron chi connectivity index (χ0n) is 7.82. The minimum atomic E-state index is -0.234. The maximum absolute atomic E-state index is 11.6. The van der Waals surface area contributed by atoms with Crippen LogP contribution in [0.25, 0.3) is 0 Å². The molecule has 0 aliphatic carbocycles. The molecule has 5 nitrogen and oxygen atoms in total. The molecule has 0 atom stereocenters. The number of carbonyl (C=O) groups excluding carboxylic acids is 1. The van der Waals surface area contributed by atoms with Gasteiger partial charge in [0, 0.05) is 36.4 Å². The fraction of sp³-hybridized carbons (Fsp3) is 0.571. The molecule has 15 heavy (non-hydrogen) atoms. The van der Waals surface area contributed by atoms with Gasteiger partial charge in [-0.15, -0.1) is 28.3 Å². The van der Waals surface area contributed by atoms with Crippen LogP contribution < -0.4 is 5.32 Å². The summed E-state index contributed by atoms with van der Waals surface area (Å²) in [6, 6.07) is -0.234. The van der Waals surface area contributed by atoms with E-state index in [1.807, 2.05) is 0 Å². The van der Waals surface area contributed by atoms with Crippen molar-refractivity contribution in [1.82, 2.24) is 14.5 Å². The molecule has 0 aromatic carbocycles. The molecule has 1 N–H and O–H groups in total. The number of nitrogens with one attached hydrogen (secondary N) is 1. The molecule has 0 bridgehead atoms. The average molecular weight is 269 g/mol. The second kappa shape index (κ2) is 6.81. The molecule has 0 spiro atoms. The lowest BCUT2D eigenvalue weighted by Crippen LogP contribution is -2.37. The van der Waals surface area contributed by atoms with Crippen LogP contribution in [0, 0.1) is 0 Å². The summed E-state index contributed by atoms with van der Waals surface area (Å²) in [5, 5.41) is 6.87. The Labute approximate surface area is 102 Å². The first-order valence-corrected chi connectivity index (χ1v) is 6.07. The van der Waals surface area contributed by atoms with Crippen LogP contribution in [0.4, 0.5) is 9.80 Å². The number of halogens is 2. The Kier molecular flexibility index (Phi) is 5.67. The van der Waals surface area contributed by atoms with Gasteiger partial charge in [-0.3, -0.25) is 5.32 Å². The third kappa shape index (κ3) is 4.19. The van der Waals surface area contributed by atoms with E-state index in [2.05, 4.69) is 14.9 Å².